The van der Waals surface area contributed by atoms with Crippen LogP contribution < -0.4 is 0 Å². The smallest absolute Gasteiger partial charge is 0.161 e. The van der Waals surface area contributed by atoms with Crippen molar-refractivity contribution < 1.29 is 4.39 Å². The van der Waals surface area contributed by atoms with Crippen molar-refractivity contribution in [3.8, 4) is 11.4 Å². The first-order chi connectivity index (χ1) is 7.58. The number of nitrogens with zero attached hydrogens (tertiary/aromatic N) is 2. The van der Waals surface area contributed by atoms with E-state index < -0.39 is 5.82 Å². The fraction of sp³-hybridized carbons (Fsp3) is 0. The van der Waals surface area contributed by atoms with E-state index >= 15 is 0 Å². The molecule has 2 aromatic rings. The highest BCUT2D eigenvalue weighted by Gasteiger charge is 2.07. The molecule has 0 aliphatic heterocycles. The van der Waals surface area contributed by atoms with Crippen LogP contribution in [-0.4, -0.2) is 9.97 Å². The van der Waals surface area contributed by atoms with Gasteiger partial charge in [0.05, 0.1) is 8.59 Å². The van der Waals surface area contributed by atoms with Gasteiger partial charge in [-0.3, -0.25) is 0 Å². The zero-order valence-corrected chi connectivity index (χ0v) is 11.4. The Morgan fingerprint density at radius 3 is 2.62 bits per heavy atom. The van der Waals surface area contributed by atoms with E-state index in [1.807, 2.05) is 22.6 Å². The van der Waals surface area contributed by atoms with Gasteiger partial charge in [-0.05, 0) is 40.8 Å². The summed E-state index contributed by atoms with van der Waals surface area (Å²) in [5, 5.41) is 0.418. The Balaban J connectivity index is 2.50. The van der Waals surface area contributed by atoms with E-state index in [4.69, 9.17) is 23.2 Å². The summed E-state index contributed by atoms with van der Waals surface area (Å²) in [5.41, 5.74) is 0.542. The van der Waals surface area contributed by atoms with Crippen molar-refractivity contribution in [3.05, 3.63) is 44.0 Å². The third-order valence-electron chi connectivity index (χ3n) is 1.88. The fourth-order valence-corrected chi connectivity index (χ4v) is 1.63. The molecule has 1 aromatic carbocycles. The van der Waals surface area contributed by atoms with E-state index in [0.29, 0.717) is 16.5 Å². The summed E-state index contributed by atoms with van der Waals surface area (Å²) in [4.78, 5) is 8.12. The van der Waals surface area contributed by atoms with Crippen molar-refractivity contribution in [2.45, 2.75) is 0 Å². The molecule has 0 saturated heterocycles. The number of hydrogen-bond acceptors (Lipinski definition) is 2. The lowest BCUT2D eigenvalue weighted by molar-refractivity contribution is 0.628. The molecule has 0 bridgehead atoms. The Kier molecular flexibility index (Phi) is 3.61. The van der Waals surface area contributed by atoms with Crippen molar-refractivity contribution in [2.24, 2.45) is 0 Å². The van der Waals surface area contributed by atoms with E-state index in [2.05, 4.69) is 9.97 Å². The average molecular weight is 369 g/mol. The molecular formula is C10H4Cl2FIN2. The van der Waals surface area contributed by atoms with Gasteiger partial charge in [0.25, 0.3) is 0 Å². The van der Waals surface area contributed by atoms with Gasteiger partial charge in [0.15, 0.2) is 5.82 Å². The SMILES string of the molecule is Fc1cc(-c2ncc(I)c(Cl)n2)ccc1Cl. The zero-order valence-electron chi connectivity index (χ0n) is 7.72. The van der Waals surface area contributed by atoms with Crippen LogP contribution in [0.15, 0.2) is 24.4 Å². The molecule has 0 radical (unpaired) electrons. The first kappa shape index (κ1) is 12.0. The van der Waals surface area contributed by atoms with Crippen LogP contribution in [0, 0.1) is 9.39 Å². The number of hydrogen-bond donors (Lipinski definition) is 0. The summed E-state index contributed by atoms with van der Waals surface area (Å²) in [6, 6.07) is 4.38. The summed E-state index contributed by atoms with van der Waals surface area (Å²) in [6.45, 7) is 0. The molecule has 0 unspecified atom stereocenters. The summed E-state index contributed by atoms with van der Waals surface area (Å²) < 4.78 is 14.0. The second-order valence-corrected chi connectivity index (χ2v) is 4.89. The van der Waals surface area contributed by atoms with Crippen LogP contribution in [0.1, 0.15) is 0 Å². The summed E-state index contributed by atoms with van der Waals surface area (Å²) in [6.07, 6.45) is 1.58. The second-order valence-electron chi connectivity index (χ2n) is 2.96. The molecule has 0 saturated carbocycles. The first-order valence-corrected chi connectivity index (χ1v) is 6.05. The van der Waals surface area contributed by atoms with Crippen LogP contribution in [0.5, 0.6) is 0 Å². The van der Waals surface area contributed by atoms with Gasteiger partial charge in [-0.15, -0.1) is 0 Å². The average Bonchev–Trinajstić information content (AvgIpc) is 2.26. The molecule has 1 heterocycles. The zero-order chi connectivity index (χ0) is 11.7. The minimum Gasteiger partial charge on any atom is -0.235 e. The maximum absolute atomic E-state index is 13.2. The van der Waals surface area contributed by atoms with Crippen molar-refractivity contribution in [2.75, 3.05) is 0 Å². The van der Waals surface area contributed by atoms with E-state index in [1.54, 1.807) is 12.3 Å². The lowest BCUT2D eigenvalue weighted by Gasteiger charge is -2.02. The maximum Gasteiger partial charge on any atom is 0.161 e. The third kappa shape index (κ3) is 2.44. The molecule has 0 amide bonds. The Morgan fingerprint density at radius 2 is 2.00 bits per heavy atom. The summed E-state index contributed by atoms with van der Waals surface area (Å²) >= 11 is 13.5. The van der Waals surface area contributed by atoms with Crippen LogP contribution in [0.2, 0.25) is 10.2 Å². The molecule has 1 aromatic heterocycles. The fourth-order valence-electron chi connectivity index (χ4n) is 1.12. The third-order valence-corrected chi connectivity index (χ3v) is 3.58. The van der Waals surface area contributed by atoms with Crippen molar-refractivity contribution in [3.63, 3.8) is 0 Å². The van der Waals surface area contributed by atoms with E-state index in [1.165, 1.54) is 12.1 Å². The van der Waals surface area contributed by atoms with Crippen molar-refractivity contribution in [1.82, 2.24) is 9.97 Å². The van der Waals surface area contributed by atoms with Gasteiger partial charge in [0.1, 0.15) is 11.0 Å². The molecule has 16 heavy (non-hydrogen) atoms. The highest BCUT2D eigenvalue weighted by atomic mass is 127. The molecule has 2 rings (SSSR count). The van der Waals surface area contributed by atoms with Gasteiger partial charge in [-0.1, -0.05) is 23.2 Å². The summed E-state index contributed by atoms with van der Waals surface area (Å²) in [5.74, 6) is -0.126. The lowest BCUT2D eigenvalue weighted by atomic mass is 10.2. The van der Waals surface area contributed by atoms with Gasteiger partial charge in [-0.2, -0.15) is 0 Å². The van der Waals surface area contributed by atoms with Gasteiger partial charge in [0, 0.05) is 11.8 Å². The molecule has 6 heteroatoms. The first-order valence-electron chi connectivity index (χ1n) is 4.21. The van der Waals surface area contributed by atoms with Crippen molar-refractivity contribution >= 4 is 45.8 Å². The Labute approximate surface area is 115 Å². The quantitative estimate of drug-likeness (QED) is 0.557. The Morgan fingerprint density at radius 1 is 1.25 bits per heavy atom. The van der Waals surface area contributed by atoms with Crippen LogP contribution >= 0.6 is 45.8 Å². The van der Waals surface area contributed by atoms with Crippen molar-refractivity contribution in [1.29, 1.82) is 0 Å². The van der Waals surface area contributed by atoms with Crippen LogP contribution in [-0.2, 0) is 0 Å². The highest BCUT2D eigenvalue weighted by molar-refractivity contribution is 14.1. The normalized spacial score (nSPS) is 10.5. The van der Waals surface area contributed by atoms with Crippen LogP contribution in [0.4, 0.5) is 4.39 Å². The van der Waals surface area contributed by atoms with Crippen LogP contribution in [0.25, 0.3) is 11.4 Å². The number of benzene rings is 1. The van der Waals surface area contributed by atoms with E-state index in [-0.39, 0.29) is 5.02 Å². The number of halogens is 4. The van der Waals surface area contributed by atoms with Gasteiger partial charge >= 0.3 is 0 Å². The minimum atomic E-state index is -0.502. The summed E-state index contributed by atoms with van der Waals surface area (Å²) in [7, 11) is 0. The second kappa shape index (κ2) is 4.81. The Bertz CT molecular complexity index is 499. The molecule has 2 nitrogen and oxygen atoms in total. The lowest BCUT2D eigenvalue weighted by Crippen LogP contribution is -1.92. The number of rotatable bonds is 1. The molecule has 0 atom stereocenters. The molecule has 0 aliphatic carbocycles. The van der Waals surface area contributed by atoms with Gasteiger partial charge in [-0.25, -0.2) is 14.4 Å². The minimum absolute atomic E-state index is 0.0698. The molecule has 0 spiro atoms. The highest BCUT2D eigenvalue weighted by Crippen LogP contribution is 2.23. The van der Waals surface area contributed by atoms with Gasteiger partial charge in [0.2, 0.25) is 0 Å². The number of aromatic nitrogens is 2. The molecular weight excluding hydrogens is 365 g/mol. The van der Waals surface area contributed by atoms with E-state index in [0.717, 1.165) is 3.57 Å². The van der Waals surface area contributed by atoms with Crippen LogP contribution in [0.3, 0.4) is 0 Å². The Hall–Kier alpha value is -0.460. The molecule has 0 fully saturated rings. The molecule has 0 aliphatic rings. The standard InChI is InChI=1S/C10H4Cl2FIN2/c11-6-2-1-5(3-7(6)13)10-15-4-8(14)9(12)16-10/h1-4H. The predicted molar refractivity (Wildman–Crippen MR) is 70.2 cm³/mol. The topological polar surface area (TPSA) is 25.8 Å². The maximum atomic E-state index is 13.2. The predicted octanol–water partition coefficient (Wildman–Crippen LogP) is 4.19. The molecule has 82 valence electrons. The molecule has 0 N–H and O–H groups in total. The monoisotopic (exact) mass is 368 g/mol. The van der Waals surface area contributed by atoms with Gasteiger partial charge < -0.3 is 0 Å². The largest absolute Gasteiger partial charge is 0.235 e. The van der Waals surface area contributed by atoms with E-state index in [9.17, 15) is 4.39 Å².